The van der Waals surface area contributed by atoms with Crippen molar-refractivity contribution in [2.24, 2.45) is 0 Å². The molecule has 0 rings (SSSR count). The lowest BCUT2D eigenvalue weighted by molar-refractivity contribution is -0.159. The molecule has 0 unspecified atom stereocenters. The Labute approximate surface area is 44.6 Å². The molecule has 0 aromatic carbocycles. The van der Waals surface area contributed by atoms with E-state index in [1.807, 2.05) is 0 Å². The Morgan fingerprint density at radius 3 is 1.38 bits per heavy atom. The van der Waals surface area contributed by atoms with Gasteiger partial charge >= 0.3 is 6.18 Å². The molecule has 0 spiro atoms. The van der Waals surface area contributed by atoms with E-state index < -0.39 is 12.8 Å². The Bertz CT molecular complexity index is 42.3. The summed E-state index contributed by atoms with van der Waals surface area (Å²) in [5, 5.41) is 14.3. The molecule has 0 aromatic rings. The van der Waals surface area contributed by atoms with Crippen LogP contribution in [-0.4, -0.2) is 30.1 Å². The number of hydrogen-bond acceptors (Lipinski definition) is 2. The summed E-state index contributed by atoms with van der Waals surface area (Å²) in [5.74, 6) is 0. The highest BCUT2D eigenvalue weighted by molar-refractivity contribution is 4.39. The van der Waals surface area contributed by atoms with E-state index in [1.54, 1.807) is 0 Å². The highest BCUT2D eigenvalue weighted by atomic mass is 19.4. The molecule has 0 saturated carbocycles. The van der Waals surface area contributed by atoms with Crippen molar-refractivity contribution < 1.29 is 23.4 Å². The van der Waals surface area contributed by atoms with Crippen LogP contribution in [0.2, 0.25) is 0 Å². The molecular weight excluding hydrogens is 125 g/mol. The van der Waals surface area contributed by atoms with E-state index in [1.165, 1.54) is 0 Å². The smallest absolute Gasteiger partial charge is 0.400 e. The van der Waals surface area contributed by atoms with Crippen LogP contribution in [0.25, 0.3) is 0 Å². The first kappa shape index (κ1) is 10.6. The van der Waals surface area contributed by atoms with Crippen LogP contribution in [0.3, 0.4) is 0 Å². The highest BCUT2D eigenvalue weighted by Gasteiger charge is 2.24. The summed E-state index contributed by atoms with van der Waals surface area (Å²) in [4.78, 5) is 0. The van der Waals surface area contributed by atoms with Crippen molar-refractivity contribution in [3.8, 4) is 0 Å². The Morgan fingerprint density at radius 1 is 1.25 bits per heavy atom. The van der Waals surface area contributed by atoms with E-state index in [9.17, 15) is 13.2 Å². The van der Waals surface area contributed by atoms with Gasteiger partial charge in [0.15, 0.2) is 0 Å². The first-order valence-corrected chi connectivity index (χ1v) is 1.68. The van der Waals surface area contributed by atoms with Gasteiger partial charge in [-0.15, -0.1) is 0 Å². The summed E-state index contributed by atoms with van der Waals surface area (Å²) in [7, 11) is 1.00. The molecule has 8 heavy (non-hydrogen) atoms. The van der Waals surface area contributed by atoms with Crippen LogP contribution >= 0.6 is 0 Å². The number of aliphatic hydroxyl groups is 2. The summed E-state index contributed by atoms with van der Waals surface area (Å²) >= 11 is 0. The van der Waals surface area contributed by atoms with Gasteiger partial charge in [0.2, 0.25) is 0 Å². The molecule has 0 bridgehead atoms. The van der Waals surface area contributed by atoms with Crippen molar-refractivity contribution in [3.63, 3.8) is 0 Å². The second-order valence-corrected chi connectivity index (χ2v) is 0.773. The molecule has 5 heteroatoms. The molecule has 52 valence electrons. The van der Waals surface area contributed by atoms with Crippen LogP contribution < -0.4 is 0 Å². The topological polar surface area (TPSA) is 40.5 Å². The average Bonchev–Trinajstić information content (AvgIpc) is 1.71. The molecule has 2 N–H and O–H groups in total. The second kappa shape index (κ2) is 4.86. The monoisotopic (exact) mass is 132 g/mol. The van der Waals surface area contributed by atoms with Crippen molar-refractivity contribution in [1.29, 1.82) is 0 Å². The lowest BCUT2D eigenvalue weighted by Gasteiger charge is -1.95. The van der Waals surface area contributed by atoms with E-state index in [0.29, 0.717) is 0 Å². The molecule has 0 aromatic heterocycles. The van der Waals surface area contributed by atoms with E-state index >= 15 is 0 Å². The standard InChI is InChI=1S/C2H3F3O.CH4O/c3-2(4,5)1-6;1-2/h6H,1H2;2H,1H3. The van der Waals surface area contributed by atoms with Crippen LogP contribution in [0.4, 0.5) is 13.2 Å². The number of aliphatic hydroxyl groups excluding tert-OH is 2. The largest absolute Gasteiger partial charge is 0.411 e. The van der Waals surface area contributed by atoms with Gasteiger partial charge in [0.05, 0.1) is 0 Å². The molecule has 0 atom stereocenters. The van der Waals surface area contributed by atoms with Crippen molar-refractivity contribution in [1.82, 2.24) is 0 Å². The van der Waals surface area contributed by atoms with E-state index in [-0.39, 0.29) is 0 Å². The molecule has 0 heterocycles. The average molecular weight is 132 g/mol. The predicted octanol–water partition coefficient (Wildman–Crippen LogP) is 0.149. The van der Waals surface area contributed by atoms with Gasteiger partial charge in [-0.25, -0.2) is 0 Å². The van der Waals surface area contributed by atoms with Crippen molar-refractivity contribution in [2.75, 3.05) is 13.7 Å². The molecule has 0 radical (unpaired) electrons. The third kappa shape index (κ3) is 17.2. The first-order valence-electron chi connectivity index (χ1n) is 1.68. The normalized spacial score (nSPS) is 9.75. The van der Waals surface area contributed by atoms with Crippen LogP contribution in [0.1, 0.15) is 0 Å². The molecule has 0 amide bonds. The van der Waals surface area contributed by atoms with Crippen molar-refractivity contribution >= 4 is 0 Å². The third-order valence-electron chi connectivity index (χ3n) is 0.179. The second-order valence-electron chi connectivity index (χ2n) is 0.773. The summed E-state index contributed by atoms with van der Waals surface area (Å²) in [5.41, 5.74) is 0. The van der Waals surface area contributed by atoms with Gasteiger partial charge in [-0.3, -0.25) is 0 Å². The molecule has 2 nitrogen and oxygen atoms in total. The van der Waals surface area contributed by atoms with Gasteiger partial charge in [-0.2, -0.15) is 13.2 Å². The van der Waals surface area contributed by atoms with E-state index in [4.69, 9.17) is 10.2 Å². The molecule has 0 aliphatic rings. The zero-order valence-electron chi connectivity index (χ0n) is 4.24. The lowest BCUT2D eigenvalue weighted by Crippen LogP contribution is -2.12. The zero-order chi connectivity index (χ0) is 7.21. The number of hydrogen-bond donors (Lipinski definition) is 2. The maximum Gasteiger partial charge on any atom is 0.411 e. The minimum Gasteiger partial charge on any atom is -0.400 e. The van der Waals surface area contributed by atoms with E-state index in [0.717, 1.165) is 7.11 Å². The summed E-state index contributed by atoms with van der Waals surface area (Å²) in [6.45, 7) is -1.73. The Morgan fingerprint density at radius 2 is 1.38 bits per heavy atom. The third-order valence-corrected chi connectivity index (χ3v) is 0.179. The molecule has 0 fully saturated rings. The van der Waals surface area contributed by atoms with Gasteiger partial charge < -0.3 is 10.2 Å². The van der Waals surface area contributed by atoms with Crippen LogP contribution in [0.5, 0.6) is 0 Å². The number of alkyl halides is 3. The van der Waals surface area contributed by atoms with Gasteiger partial charge in [0, 0.05) is 7.11 Å². The zero-order valence-corrected chi connectivity index (χ0v) is 4.24. The summed E-state index contributed by atoms with van der Waals surface area (Å²) < 4.78 is 31.6. The maximum atomic E-state index is 10.5. The van der Waals surface area contributed by atoms with Gasteiger partial charge in [-0.05, 0) is 0 Å². The minimum atomic E-state index is -4.40. The fraction of sp³-hybridized carbons (Fsp3) is 1.00. The molecule has 0 aliphatic heterocycles. The number of rotatable bonds is 0. The number of halogens is 3. The van der Waals surface area contributed by atoms with E-state index in [2.05, 4.69) is 0 Å². The van der Waals surface area contributed by atoms with Gasteiger partial charge in [-0.1, -0.05) is 0 Å². The quantitative estimate of drug-likeness (QED) is 0.492. The molecule has 0 aliphatic carbocycles. The SMILES string of the molecule is CO.OCC(F)(F)F. The minimum absolute atomic E-state index is 1.00. The van der Waals surface area contributed by atoms with Crippen molar-refractivity contribution in [2.45, 2.75) is 6.18 Å². The summed E-state index contributed by atoms with van der Waals surface area (Å²) in [6, 6.07) is 0. The van der Waals surface area contributed by atoms with Crippen LogP contribution in [0.15, 0.2) is 0 Å². The Balaban J connectivity index is 0. The van der Waals surface area contributed by atoms with Gasteiger partial charge in [0.25, 0.3) is 0 Å². The lowest BCUT2D eigenvalue weighted by atomic mass is 10.7. The Hall–Kier alpha value is -0.290. The first-order chi connectivity index (χ1) is 3.56. The van der Waals surface area contributed by atoms with Crippen LogP contribution in [-0.2, 0) is 0 Å². The molecule has 0 saturated heterocycles. The summed E-state index contributed by atoms with van der Waals surface area (Å²) in [6.07, 6.45) is -4.40. The fourth-order valence-corrected chi connectivity index (χ4v) is 0. The van der Waals surface area contributed by atoms with Crippen molar-refractivity contribution in [3.05, 3.63) is 0 Å². The Kier molecular flexibility index (Phi) is 6.47. The molecular formula is C3H7F3O2. The maximum absolute atomic E-state index is 10.5. The van der Waals surface area contributed by atoms with Crippen LogP contribution in [0, 0.1) is 0 Å². The fourth-order valence-electron chi connectivity index (χ4n) is 0. The van der Waals surface area contributed by atoms with Gasteiger partial charge in [0.1, 0.15) is 6.61 Å². The highest BCUT2D eigenvalue weighted by Crippen LogP contribution is 2.11. The predicted molar refractivity (Wildman–Crippen MR) is 21.3 cm³/mol.